The molecule has 1 N–H and O–H groups in total. The van der Waals surface area contributed by atoms with Crippen LogP contribution in [0, 0.1) is 11.2 Å². The van der Waals surface area contributed by atoms with E-state index in [4.69, 9.17) is 4.74 Å². The number of hydrogen-bond acceptors (Lipinski definition) is 4. The molecule has 2 aromatic heterocycles. The number of halogens is 1. The second-order valence-electron chi connectivity index (χ2n) is 8.44. The van der Waals surface area contributed by atoms with Gasteiger partial charge >= 0.3 is 5.97 Å². The third-order valence-electron chi connectivity index (χ3n) is 5.49. The third-order valence-corrected chi connectivity index (χ3v) is 5.49. The van der Waals surface area contributed by atoms with Crippen molar-refractivity contribution in [2.24, 2.45) is 5.41 Å². The van der Waals surface area contributed by atoms with Crippen LogP contribution >= 0.6 is 0 Å². The van der Waals surface area contributed by atoms with E-state index in [1.807, 2.05) is 25.3 Å². The number of carbonyl (C=O) groups is 1. The zero-order chi connectivity index (χ0) is 21.8. The molecule has 156 valence electrons. The normalized spacial score (nSPS) is 15.4. The molecule has 1 aliphatic heterocycles. The molecule has 1 aliphatic rings. The summed E-state index contributed by atoms with van der Waals surface area (Å²) < 4.78 is 23.5. The smallest absolute Gasteiger partial charge is 0.341 e. The van der Waals surface area contributed by atoms with Gasteiger partial charge in [-0.2, -0.15) is 5.10 Å². The average Bonchev–Trinajstić information content (AvgIpc) is 3.09. The maximum atomic E-state index is 14.6. The minimum atomic E-state index is -1.26. The Hall–Kier alpha value is -3.42. The number of nitrogens with zero attached hydrogens (tertiary/aromatic N) is 3. The van der Waals surface area contributed by atoms with Crippen LogP contribution in [0.25, 0.3) is 22.6 Å². The lowest BCUT2D eigenvalue weighted by molar-refractivity contribution is 0.0693. The maximum Gasteiger partial charge on any atom is 0.341 e. The number of hydrogen-bond donors (Lipinski definition) is 1. The van der Waals surface area contributed by atoms with Gasteiger partial charge in [-0.3, -0.25) is 9.48 Å². The number of rotatable bonds is 3. The highest BCUT2D eigenvalue weighted by atomic mass is 19.1. The number of aromatic nitrogens is 3. The topological polar surface area (TPSA) is 86.3 Å². The first kappa shape index (κ1) is 19.9. The average molecular weight is 411 g/mol. The minimum absolute atomic E-state index is 0.158. The van der Waals surface area contributed by atoms with Gasteiger partial charge < -0.3 is 14.4 Å². The Morgan fingerprint density at radius 1 is 1.27 bits per heavy atom. The van der Waals surface area contributed by atoms with Crippen molar-refractivity contribution in [1.82, 2.24) is 14.3 Å². The van der Waals surface area contributed by atoms with Crippen molar-refractivity contribution < 1.29 is 19.0 Å². The van der Waals surface area contributed by atoms with Crippen LogP contribution in [0.15, 0.2) is 41.3 Å². The molecule has 0 amide bonds. The van der Waals surface area contributed by atoms with Crippen molar-refractivity contribution in [3.63, 3.8) is 0 Å². The summed E-state index contributed by atoms with van der Waals surface area (Å²) in [6.07, 6.45) is 1.40. The second-order valence-corrected chi connectivity index (χ2v) is 8.44. The first-order valence-corrected chi connectivity index (χ1v) is 9.52. The molecule has 0 saturated carbocycles. The molecule has 8 heteroatoms. The zero-order valence-electron chi connectivity index (χ0n) is 17.1. The number of carboxylic acids is 1. The highest BCUT2D eigenvalue weighted by Crippen LogP contribution is 2.41. The highest BCUT2D eigenvalue weighted by Gasteiger charge is 2.35. The maximum absolute atomic E-state index is 14.6. The molecule has 0 saturated heterocycles. The van der Waals surface area contributed by atoms with Gasteiger partial charge in [0.05, 0.1) is 42.3 Å². The highest BCUT2D eigenvalue weighted by molar-refractivity contribution is 5.87. The SMILES string of the molecule is COc1cccc(F)c1-c1cc2n(n1)C[C@@H](C(C)(C)C)n1cc(C(=O)O)c(=O)cc1-2. The zero-order valence-corrected chi connectivity index (χ0v) is 17.1. The van der Waals surface area contributed by atoms with Crippen molar-refractivity contribution in [1.29, 1.82) is 0 Å². The Morgan fingerprint density at radius 3 is 2.63 bits per heavy atom. The van der Waals surface area contributed by atoms with Gasteiger partial charge in [-0.05, 0) is 23.6 Å². The van der Waals surface area contributed by atoms with Crippen LogP contribution in [-0.2, 0) is 6.54 Å². The molecule has 4 rings (SSSR count). The molecule has 0 aliphatic carbocycles. The molecular weight excluding hydrogens is 389 g/mol. The number of pyridine rings is 1. The van der Waals surface area contributed by atoms with E-state index in [2.05, 4.69) is 5.10 Å². The summed E-state index contributed by atoms with van der Waals surface area (Å²) in [5.41, 5.74) is 0.674. The van der Waals surface area contributed by atoms with E-state index in [0.29, 0.717) is 29.4 Å². The molecule has 1 atom stereocenters. The molecule has 1 aromatic carbocycles. The van der Waals surface area contributed by atoms with E-state index in [-0.39, 0.29) is 22.6 Å². The second kappa shape index (κ2) is 6.83. The summed E-state index contributed by atoms with van der Waals surface area (Å²) in [6, 6.07) is 7.42. The van der Waals surface area contributed by atoms with Gasteiger partial charge in [0, 0.05) is 12.3 Å². The fraction of sp³-hybridized carbons (Fsp3) is 0.318. The predicted molar refractivity (Wildman–Crippen MR) is 109 cm³/mol. The van der Waals surface area contributed by atoms with Crippen molar-refractivity contribution in [3.05, 3.63) is 58.1 Å². The van der Waals surface area contributed by atoms with Crippen LogP contribution in [0.4, 0.5) is 4.39 Å². The lowest BCUT2D eigenvalue weighted by Crippen LogP contribution is -2.35. The predicted octanol–water partition coefficient (Wildman–Crippen LogP) is 3.83. The molecule has 0 bridgehead atoms. The van der Waals surface area contributed by atoms with Gasteiger partial charge in [-0.15, -0.1) is 0 Å². The van der Waals surface area contributed by atoms with Crippen LogP contribution in [0.2, 0.25) is 0 Å². The molecular formula is C22H22FN3O4. The Kier molecular flexibility index (Phi) is 4.52. The quantitative estimate of drug-likeness (QED) is 0.708. The van der Waals surface area contributed by atoms with E-state index in [1.165, 1.54) is 25.4 Å². The van der Waals surface area contributed by atoms with E-state index in [1.54, 1.807) is 22.9 Å². The largest absolute Gasteiger partial charge is 0.496 e. The van der Waals surface area contributed by atoms with Gasteiger partial charge in [-0.25, -0.2) is 9.18 Å². The van der Waals surface area contributed by atoms with Crippen LogP contribution in [0.1, 0.15) is 37.2 Å². The molecule has 3 heterocycles. The number of ether oxygens (including phenoxy) is 1. The van der Waals surface area contributed by atoms with Gasteiger partial charge in [0.25, 0.3) is 0 Å². The van der Waals surface area contributed by atoms with Crippen LogP contribution < -0.4 is 10.2 Å². The summed E-state index contributed by atoms with van der Waals surface area (Å²) in [6.45, 7) is 6.56. The molecule has 0 radical (unpaired) electrons. The molecule has 30 heavy (non-hydrogen) atoms. The monoisotopic (exact) mass is 411 g/mol. The van der Waals surface area contributed by atoms with Gasteiger partial charge in [0.2, 0.25) is 0 Å². The van der Waals surface area contributed by atoms with Crippen molar-refractivity contribution in [3.8, 4) is 28.4 Å². The summed E-state index contributed by atoms with van der Waals surface area (Å²) in [5, 5.41) is 14.0. The van der Waals surface area contributed by atoms with Crippen molar-refractivity contribution >= 4 is 5.97 Å². The lowest BCUT2D eigenvalue weighted by atomic mass is 9.85. The van der Waals surface area contributed by atoms with Crippen molar-refractivity contribution in [2.45, 2.75) is 33.4 Å². The summed E-state index contributed by atoms with van der Waals surface area (Å²) in [7, 11) is 1.46. The lowest BCUT2D eigenvalue weighted by Gasteiger charge is -2.38. The van der Waals surface area contributed by atoms with Gasteiger partial charge in [-0.1, -0.05) is 26.8 Å². The van der Waals surface area contributed by atoms with E-state index < -0.39 is 17.2 Å². The number of fused-ring (bicyclic) bond motifs is 3. The Morgan fingerprint density at radius 2 is 2.00 bits per heavy atom. The molecule has 3 aromatic rings. The first-order chi connectivity index (χ1) is 14.1. The Labute approximate surface area is 172 Å². The van der Waals surface area contributed by atoms with E-state index in [9.17, 15) is 19.1 Å². The third kappa shape index (κ3) is 3.08. The first-order valence-electron chi connectivity index (χ1n) is 9.52. The molecule has 0 fully saturated rings. The number of carboxylic acid groups (broad SMARTS) is 1. The Balaban J connectivity index is 1.97. The standard InChI is InChI=1S/C22H22FN3O4/c1-22(2,3)19-11-26-16(15-9-17(27)12(21(28)29)10-25(15)19)8-14(24-26)20-13(23)6-5-7-18(20)30-4/h5-10,19H,11H2,1-4H3,(H,28,29)/t19-/m0/s1. The summed E-state index contributed by atoms with van der Waals surface area (Å²) >= 11 is 0. The van der Waals surface area contributed by atoms with Crippen molar-refractivity contribution in [2.75, 3.05) is 7.11 Å². The van der Waals surface area contributed by atoms with Gasteiger partial charge in [0.1, 0.15) is 17.1 Å². The van der Waals surface area contributed by atoms with Gasteiger partial charge in [0.15, 0.2) is 5.43 Å². The minimum Gasteiger partial charge on any atom is -0.496 e. The van der Waals surface area contributed by atoms with Crippen LogP contribution in [-0.4, -0.2) is 32.5 Å². The van der Waals surface area contributed by atoms with Crippen LogP contribution in [0.3, 0.4) is 0 Å². The Bertz CT molecular complexity index is 1220. The fourth-order valence-corrected chi connectivity index (χ4v) is 3.92. The number of methoxy groups -OCH3 is 1. The molecule has 7 nitrogen and oxygen atoms in total. The van der Waals surface area contributed by atoms with E-state index >= 15 is 0 Å². The molecule has 0 unspecified atom stereocenters. The van der Waals surface area contributed by atoms with Crippen LogP contribution in [0.5, 0.6) is 5.75 Å². The summed E-state index contributed by atoms with van der Waals surface area (Å²) in [5.74, 6) is -1.37. The van der Waals surface area contributed by atoms with E-state index in [0.717, 1.165) is 0 Å². The summed E-state index contributed by atoms with van der Waals surface area (Å²) in [4.78, 5) is 23.9. The molecule has 0 spiro atoms. The number of aromatic carboxylic acids is 1. The number of benzene rings is 1. The fourth-order valence-electron chi connectivity index (χ4n) is 3.92.